The highest BCUT2D eigenvalue weighted by atomic mass is 32.1. The number of thiophene rings is 1. The number of carbonyl (C=O) groups is 1. The predicted molar refractivity (Wildman–Crippen MR) is 97.8 cm³/mol. The highest BCUT2D eigenvalue weighted by Crippen LogP contribution is 2.27. The molecular weight excluding hydrogens is 324 g/mol. The summed E-state index contributed by atoms with van der Waals surface area (Å²) >= 11 is 1.57. The van der Waals surface area contributed by atoms with Crippen molar-refractivity contribution in [3.8, 4) is 0 Å². The van der Waals surface area contributed by atoms with Crippen LogP contribution in [0, 0.1) is 25.7 Å². The van der Waals surface area contributed by atoms with Crippen LogP contribution in [0.3, 0.4) is 0 Å². The lowest BCUT2D eigenvalue weighted by atomic mass is 9.89. The molecule has 1 aliphatic rings. The molecule has 2 atom stereocenters. The summed E-state index contributed by atoms with van der Waals surface area (Å²) in [5.41, 5.74) is 1.18. The number of carbonyl (C=O) groups excluding carboxylic acids is 1. The SMILES string of the molecule is COCCN(C)C[C@H]1C[C@H](CO)CN(C(=O)c2cc(C)c(C)s2)C1. The molecule has 0 unspecified atom stereocenters. The lowest BCUT2D eigenvalue weighted by molar-refractivity contribution is 0.0455. The number of piperidine rings is 1. The van der Waals surface area contributed by atoms with Crippen molar-refractivity contribution in [3.63, 3.8) is 0 Å². The van der Waals surface area contributed by atoms with Gasteiger partial charge >= 0.3 is 0 Å². The van der Waals surface area contributed by atoms with Crippen molar-refractivity contribution in [2.75, 3.05) is 53.6 Å². The first-order valence-corrected chi connectivity index (χ1v) is 9.40. The fraction of sp³-hybridized carbons (Fsp3) is 0.722. The van der Waals surface area contributed by atoms with Crippen LogP contribution in [0.15, 0.2) is 6.07 Å². The van der Waals surface area contributed by atoms with E-state index in [1.54, 1.807) is 18.4 Å². The minimum absolute atomic E-state index is 0.110. The number of hydrogen-bond acceptors (Lipinski definition) is 5. The first-order chi connectivity index (χ1) is 11.4. The molecule has 136 valence electrons. The number of ether oxygens (including phenoxy) is 1. The summed E-state index contributed by atoms with van der Waals surface area (Å²) in [6, 6.07) is 1.99. The van der Waals surface area contributed by atoms with Gasteiger partial charge in [-0.3, -0.25) is 4.79 Å². The molecule has 5 nitrogen and oxygen atoms in total. The predicted octanol–water partition coefficient (Wildman–Crippen LogP) is 2.01. The van der Waals surface area contributed by atoms with Crippen LogP contribution in [0.5, 0.6) is 0 Å². The monoisotopic (exact) mass is 354 g/mol. The number of likely N-dealkylation sites (tertiary alicyclic amines) is 1. The molecule has 2 heterocycles. The molecule has 0 bridgehead atoms. The van der Waals surface area contributed by atoms with Gasteiger partial charge in [0.05, 0.1) is 11.5 Å². The number of likely N-dealkylation sites (N-methyl/N-ethyl adjacent to an activating group) is 1. The van der Waals surface area contributed by atoms with E-state index < -0.39 is 0 Å². The van der Waals surface area contributed by atoms with Gasteiger partial charge in [-0.15, -0.1) is 11.3 Å². The van der Waals surface area contributed by atoms with Crippen LogP contribution in [0.2, 0.25) is 0 Å². The van der Waals surface area contributed by atoms with E-state index in [0.29, 0.717) is 19.1 Å². The molecule has 1 aromatic rings. The Morgan fingerprint density at radius 3 is 2.71 bits per heavy atom. The Labute approximate surface area is 149 Å². The van der Waals surface area contributed by atoms with Crippen molar-refractivity contribution in [2.45, 2.75) is 20.3 Å². The van der Waals surface area contributed by atoms with Crippen molar-refractivity contribution in [3.05, 3.63) is 21.4 Å². The number of aliphatic hydroxyl groups excluding tert-OH is 1. The van der Waals surface area contributed by atoms with E-state index >= 15 is 0 Å². The largest absolute Gasteiger partial charge is 0.396 e. The quantitative estimate of drug-likeness (QED) is 0.814. The maximum atomic E-state index is 12.9. The van der Waals surface area contributed by atoms with Gasteiger partial charge in [0.1, 0.15) is 0 Å². The van der Waals surface area contributed by atoms with E-state index in [2.05, 4.69) is 18.9 Å². The number of methoxy groups -OCH3 is 1. The molecule has 2 rings (SSSR count). The van der Waals surface area contributed by atoms with E-state index in [1.807, 2.05) is 17.9 Å². The summed E-state index contributed by atoms with van der Waals surface area (Å²) in [5.74, 6) is 0.674. The number of nitrogens with zero attached hydrogens (tertiary/aromatic N) is 2. The van der Waals surface area contributed by atoms with Crippen LogP contribution < -0.4 is 0 Å². The van der Waals surface area contributed by atoms with Crippen LogP contribution in [0.25, 0.3) is 0 Å². The van der Waals surface area contributed by atoms with Gasteiger partial charge in [-0.25, -0.2) is 0 Å². The van der Waals surface area contributed by atoms with Crippen LogP contribution in [0.4, 0.5) is 0 Å². The number of aryl methyl sites for hydroxylation is 2. The van der Waals surface area contributed by atoms with E-state index in [4.69, 9.17) is 4.74 Å². The summed E-state index contributed by atoms with van der Waals surface area (Å²) in [7, 11) is 3.79. The van der Waals surface area contributed by atoms with Crippen molar-refractivity contribution in [2.24, 2.45) is 11.8 Å². The van der Waals surface area contributed by atoms with E-state index in [0.717, 1.165) is 30.9 Å². The lowest BCUT2D eigenvalue weighted by Gasteiger charge is -2.38. The van der Waals surface area contributed by atoms with Crippen LogP contribution in [-0.2, 0) is 4.74 Å². The average molecular weight is 355 g/mol. The molecule has 24 heavy (non-hydrogen) atoms. The fourth-order valence-corrected chi connectivity index (χ4v) is 4.36. The van der Waals surface area contributed by atoms with Crippen molar-refractivity contribution in [1.82, 2.24) is 9.80 Å². The maximum Gasteiger partial charge on any atom is 0.263 e. The second-order valence-electron chi connectivity index (χ2n) is 6.97. The highest BCUT2D eigenvalue weighted by Gasteiger charge is 2.31. The Kier molecular flexibility index (Phi) is 7.22. The molecule has 0 spiro atoms. The number of amides is 1. The van der Waals surface area contributed by atoms with Gasteiger partial charge in [0.25, 0.3) is 5.91 Å². The topological polar surface area (TPSA) is 53.0 Å². The molecule has 6 heteroatoms. The van der Waals surface area contributed by atoms with Crippen LogP contribution in [-0.4, -0.2) is 74.4 Å². The van der Waals surface area contributed by atoms with Crippen molar-refractivity contribution in [1.29, 1.82) is 0 Å². The Morgan fingerprint density at radius 2 is 2.12 bits per heavy atom. The summed E-state index contributed by atoms with van der Waals surface area (Å²) in [5, 5.41) is 9.63. The number of aliphatic hydroxyl groups is 1. The molecule has 1 aromatic heterocycles. The molecule has 1 N–H and O–H groups in total. The Hall–Kier alpha value is -0.950. The third kappa shape index (κ3) is 5.02. The molecule has 0 saturated carbocycles. The summed E-state index contributed by atoms with van der Waals surface area (Å²) in [6.45, 7) is 8.18. The molecular formula is C18H30N2O3S. The third-order valence-corrected chi connectivity index (χ3v) is 5.93. The van der Waals surface area contributed by atoms with Gasteiger partial charge in [-0.05, 0) is 50.8 Å². The standard InChI is InChI=1S/C18H30N2O3S/c1-13-7-17(24-14(13)2)18(22)20-10-15(8-16(11-20)12-21)9-19(3)5-6-23-4/h7,15-16,21H,5-6,8-12H2,1-4H3/t15-,16+/m1/s1. The zero-order valence-electron chi connectivity index (χ0n) is 15.2. The molecule has 1 amide bonds. The van der Waals surface area contributed by atoms with Gasteiger partial charge in [0, 0.05) is 44.8 Å². The minimum atomic E-state index is 0.110. The van der Waals surface area contributed by atoms with Gasteiger partial charge in [0.15, 0.2) is 0 Å². The van der Waals surface area contributed by atoms with Crippen LogP contribution in [0.1, 0.15) is 26.5 Å². The van der Waals surface area contributed by atoms with Crippen molar-refractivity contribution < 1.29 is 14.6 Å². The highest BCUT2D eigenvalue weighted by molar-refractivity contribution is 7.14. The molecule has 1 fully saturated rings. The van der Waals surface area contributed by atoms with Gasteiger partial charge in [0.2, 0.25) is 0 Å². The number of hydrogen-bond donors (Lipinski definition) is 1. The zero-order valence-corrected chi connectivity index (χ0v) is 16.1. The van der Waals surface area contributed by atoms with E-state index in [-0.39, 0.29) is 18.4 Å². The maximum absolute atomic E-state index is 12.9. The van der Waals surface area contributed by atoms with E-state index in [1.165, 1.54) is 10.4 Å². The summed E-state index contributed by atoms with van der Waals surface area (Å²) in [6.07, 6.45) is 0.972. The van der Waals surface area contributed by atoms with Crippen LogP contribution >= 0.6 is 11.3 Å². The normalized spacial score (nSPS) is 21.5. The van der Waals surface area contributed by atoms with E-state index in [9.17, 15) is 9.90 Å². The summed E-state index contributed by atoms with van der Waals surface area (Å²) in [4.78, 5) is 19.0. The first-order valence-electron chi connectivity index (χ1n) is 8.59. The Morgan fingerprint density at radius 1 is 1.42 bits per heavy atom. The third-order valence-electron chi connectivity index (χ3n) is 4.79. The lowest BCUT2D eigenvalue weighted by Crippen LogP contribution is -2.47. The number of rotatable bonds is 7. The molecule has 0 aliphatic carbocycles. The van der Waals surface area contributed by atoms with Gasteiger partial charge < -0.3 is 19.6 Å². The first kappa shape index (κ1) is 19.4. The molecule has 0 radical (unpaired) electrons. The molecule has 0 aromatic carbocycles. The Balaban J connectivity index is 2.02. The van der Waals surface area contributed by atoms with Gasteiger partial charge in [-0.2, -0.15) is 0 Å². The molecule has 1 aliphatic heterocycles. The fourth-order valence-electron chi connectivity index (χ4n) is 3.36. The van der Waals surface area contributed by atoms with Crippen molar-refractivity contribution >= 4 is 17.2 Å². The molecule has 1 saturated heterocycles. The second kappa shape index (κ2) is 8.94. The minimum Gasteiger partial charge on any atom is -0.396 e. The zero-order chi connectivity index (χ0) is 17.7. The second-order valence-corrected chi connectivity index (χ2v) is 8.22. The smallest absolute Gasteiger partial charge is 0.263 e. The summed E-state index contributed by atoms with van der Waals surface area (Å²) < 4.78 is 5.13. The van der Waals surface area contributed by atoms with Gasteiger partial charge in [-0.1, -0.05) is 0 Å². The average Bonchev–Trinajstić information content (AvgIpc) is 2.91. The Bertz CT molecular complexity index is 527.